The molecule has 0 unspecified atom stereocenters. The van der Waals surface area contributed by atoms with Crippen LogP contribution in [0, 0.1) is 0 Å². The van der Waals surface area contributed by atoms with E-state index in [-0.39, 0.29) is 10.8 Å². The van der Waals surface area contributed by atoms with Crippen LogP contribution in [0.25, 0.3) is 16.9 Å². The summed E-state index contributed by atoms with van der Waals surface area (Å²) in [6.07, 6.45) is 0. The molecule has 4 aromatic rings. The third-order valence-corrected chi connectivity index (χ3v) is 8.06. The molecule has 2 N–H and O–H groups in total. The number of rotatable bonds is 10. The topological polar surface area (TPSA) is 123 Å². The standard InChI is InChI=1S/C29H31N5O5S/c1-20(2)33(40(37,38)26-16-10-23(11-17-26)30-21(3)35)19-29(36)31-28-18-27(22-8-6-5-7-9-22)32-34(28)24-12-14-25(39-4)15-13-24/h5-18,20H,19H2,1-4H3,(H,30,35)(H,31,36). The fourth-order valence-electron chi connectivity index (χ4n) is 4.06. The Labute approximate surface area is 233 Å². The molecular formula is C29H31N5O5S. The van der Waals surface area contributed by atoms with Crippen LogP contribution in [0.1, 0.15) is 20.8 Å². The second kappa shape index (κ2) is 12.1. The molecule has 40 heavy (non-hydrogen) atoms. The first kappa shape index (κ1) is 28.5. The van der Waals surface area contributed by atoms with Gasteiger partial charge in [-0.1, -0.05) is 30.3 Å². The number of sulfonamides is 1. The summed E-state index contributed by atoms with van der Waals surface area (Å²) in [5.41, 5.74) is 2.66. The number of methoxy groups -OCH3 is 1. The lowest BCUT2D eigenvalue weighted by Gasteiger charge is -2.25. The lowest BCUT2D eigenvalue weighted by Crippen LogP contribution is -2.42. The van der Waals surface area contributed by atoms with E-state index in [1.54, 1.807) is 43.8 Å². The van der Waals surface area contributed by atoms with Crippen LogP contribution in [0.3, 0.4) is 0 Å². The number of nitrogens with one attached hydrogen (secondary N) is 2. The van der Waals surface area contributed by atoms with Crippen molar-refractivity contribution in [3.05, 3.63) is 84.9 Å². The monoisotopic (exact) mass is 561 g/mol. The summed E-state index contributed by atoms with van der Waals surface area (Å²) < 4.78 is 34.9. The van der Waals surface area contributed by atoms with Crippen LogP contribution in [0.4, 0.5) is 11.5 Å². The van der Waals surface area contributed by atoms with Crippen molar-refractivity contribution in [2.45, 2.75) is 31.7 Å². The summed E-state index contributed by atoms with van der Waals surface area (Å²) in [5.74, 6) is 0.268. The second-order valence-electron chi connectivity index (χ2n) is 9.29. The van der Waals surface area contributed by atoms with Gasteiger partial charge in [0.15, 0.2) is 0 Å². The van der Waals surface area contributed by atoms with Gasteiger partial charge < -0.3 is 15.4 Å². The predicted molar refractivity (Wildman–Crippen MR) is 154 cm³/mol. The lowest BCUT2D eigenvalue weighted by molar-refractivity contribution is -0.116. The maximum atomic E-state index is 13.5. The van der Waals surface area contributed by atoms with Gasteiger partial charge in [-0.05, 0) is 62.4 Å². The number of hydrogen-bond donors (Lipinski definition) is 2. The largest absolute Gasteiger partial charge is 0.497 e. The first-order chi connectivity index (χ1) is 19.1. The highest BCUT2D eigenvalue weighted by Crippen LogP contribution is 2.26. The molecule has 0 radical (unpaired) electrons. The lowest BCUT2D eigenvalue weighted by atomic mass is 10.2. The fourth-order valence-corrected chi connectivity index (χ4v) is 5.65. The number of benzene rings is 3. The van der Waals surface area contributed by atoms with Crippen molar-refractivity contribution in [2.24, 2.45) is 0 Å². The van der Waals surface area contributed by atoms with Gasteiger partial charge in [-0.2, -0.15) is 9.40 Å². The van der Waals surface area contributed by atoms with Crippen molar-refractivity contribution in [1.29, 1.82) is 0 Å². The summed E-state index contributed by atoms with van der Waals surface area (Å²) in [6.45, 7) is 4.35. The molecule has 0 saturated heterocycles. The van der Waals surface area contributed by atoms with E-state index in [4.69, 9.17) is 9.84 Å². The van der Waals surface area contributed by atoms with Gasteiger partial charge in [0.05, 0.1) is 29.9 Å². The molecule has 0 aliphatic carbocycles. The smallest absolute Gasteiger partial charge is 0.243 e. The zero-order valence-corrected chi connectivity index (χ0v) is 23.5. The van der Waals surface area contributed by atoms with Crippen LogP contribution in [-0.4, -0.2) is 54.0 Å². The van der Waals surface area contributed by atoms with E-state index in [9.17, 15) is 18.0 Å². The van der Waals surface area contributed by atoms with Crippen molar-refractivity contribution in [1.82, 2.24) is 14.1 Å². The molecule has 0 fully saturated rings. The predicted octanol–water partition coefficient (Wildman–Crippen LogP) is 4.54. The first-order valence-corrected chi connectivity index (χ1v) is 14.0. The molecule has 3 aromatic carbocycles. The minimum atomic E-state index is -4.02. The summed E-state index contributed by atoms with van der Waals surface area (Å²) in [6, 6.07) is 23.8. The number of aromatic nitrogens is 2. The highest BCUT2D eigenvalue weighted by atomic mass is 32.2. The molecule has 4 rings (SSSR count). The third kappa shape index (κ3) is 6.56. The summed E-state index contributed by atoms with van der Waals surface area (Å²) in [5, 5.41) is 10.1. The van der Waals surface area contributed by atoms with E-state index in [0.717, 1.165) is 9.87 Å². The van der Waals surface area contributed by atoms with Gasteiger partial charge in [-0.3, -0.25) is 9.59 Å². The molecule has 0 bridgehead atoms. The van der Waals surface area contributed by atoms with E-state index in [2.05, 4.69) is 10.6 Å². The average Bonchev–Trinajstić information content (AvgIpc) is 3.35. The van der Waals surface area contributed by atoms with Crippen LogP contribution >= 0.6 is 0 Å². The molecule has 1 heterocycles. The zero-order chi connectivity index (χ0) is 28.9. The van der Waals surface area contributed by atoms with Crippen LogP contribution < -0.4 is 15.4 Å². The molecule has 10 nitrogen and oxygen atoms in total. The van der Waals surface area contributed by atoms with Gasteiger partial charge >= 0.3 is 0 Å². The number of carbonyl (C=O) groups excluding carboxylic acids is 2. The van der Waals surface area contributed by atoms with Gasteiger partial charge in [0.1, 0.15) is 11.6 Å². The van der Waals surface area contributed by atoms with Crippen LogP contribution in [0.15, 0.2) is 89.8 Å². The Bertz CT molecular complexity index is 1580. The Morgan fingerprint density at radius 3 is 2.17 bits per heavy atom. The van der Waals surface area contributed by atoms with Crippen molar-refractivity contribution >= 4 is 33.3 Å². The number of carbonyl (C=O) groups is 2. The number of nitrogens with zero attached hydrogens (tertiary/aromatic N) is 3. The van der Waals surface area contributed by atoms with Crippen LogP contribution in [-0.2, 0) is 19.6 Å². The number of amides is 2. The Kier molecular flexibility index (Phi) is 8.66. The number of ether oxygens (including phenoxy) is 1. The molecule has 208 valence electrons. The van der Waals surface area contributed by atoms with Gasteiger partial charge in [0.2, 0.25) is 21.8 Å². The molecular weight excluding hydrogens is 530 g/mol. The van der Waals surface area contributed by atoms with E-state index in [0.29, 0.717) is 28.6 Å². The summed E-state index contributed by atoms with van der Waals surface area (Å²) in [7, 11) is -2.44. The molecule has 2 amide bonds. The minimum Gasteiger partial charge on any atom is -0.497 e. The van der Waals surface area contributed by atoms with E-state index < -0.39 is 28.5 Å². The van der Waals surface area contributed by atoms with Crippen molar-refractivity contribution in [2.75, 3.05) is 24.3 Å². The molecule has 0 saturated carbocycles. The number of hydrogen-bond acceptors (Lipinski definition) is 6. The first-order valence-electron chi connectivity index (χ1n) is 12.6. The van der Waals surface area contributed by atoms with Gasteiger partial charge in [0.25, 0.3) is 0 Å². The highest BCUT2D eigenvalue weighted by molar-refractivity contribution is 7.89. The normalized spacial score (nSPS) is 11.4. The van der Waals surface area contributed by atoms with Crippen LogP contribution in [0.2, 0.25) is 0 Å². The SMILES string of the molecule is COc1ccc(-n2nc(-c3ccccc3)cc2NC(=O)CN(C(C)C)S(=O)(=O)c2ccc(NC(C)=O)cc2)cc1. The average molecular weight is 562 g/mol. The maximum Gasteiger partial charge on any atom is 0.243 e. The highest BCUT2D eigenvalue weighted by Gasteiger charge is 2.29. The number of anilines is 2. The molecule has 0 spiro atoms. The Balaban J connectivity index is 1.61. The van der Waals surface area contributed by atoms with Crippen molar-refractivity contribution in [3.63, 3.8) is 0 Å². The molecule has 0 aliphatic heterocycles. The summed E-state index contributed by atoms with van der Waals surface area (Å²) in [4.78, 5) is 24.6. The molecule has 1 aromatic heterocycles. The van der Waals surface area contributed by atoms with E-state index in [1.807, 2.05) is 42.5 Å². The van der Waals surface area contributed by atoms with Crippen LogP contribution in [0.5, 0.6) is 5.75 Å². The van der Waals surface area contributed by atoms with Gasteiger partial charge in [0, 0.05) is 30.3 Å². The maximum absolute atomic E-state index is 13.5. The third-order valence-electron chi connectivity index (χ3n) is 6.02. The summed E-state index contributed by atoms with van der Waals surface area (Å²) >= 11 is 0. The van der Waals surface area contributed by atoms with E-state index >= 15 is 0 Å². The van der Waals surface area contributed by atoms with Gasteiger partial charge in [-0.15, -0.1) is 0 Å². The molecule has 0 atom stereocenters. The van der Waals surface area contributed by atoms with Gasteiger partial charge in [-0.25, -0.2) is 13.1 Å². The Morgan fingerprint density at radius 2 is 1.60 bits per heavy atom. The zero-order valence-electron chi connectivity index (χ0n) is 22.7. The fraction of sp³-hybridized carbons (Fsp3) is 0.207. The quantitative estimate of drug-likeness (QED) is 0.293. The Hall–Kier alpha value is -4.48. The molecule has 11 heteroatoms. The van der Waals surface area contributed by atoms with Crippen molar-refractivity contribution in [3.8, 4) is 22.7 Å². The van der Waals surface area contributed by atoms with E-state index in [1.165, 1.54) is 31.2 Å². The Morgan fingerprint density at radius 1 is 0.950 bits per heavy atom. The minimum absolute atomic E-state index is 0.0118. The second-order valence-corrected chi connectivity index (χ2v) is 11.2. The molecule has 0 aliphatic rings. The van der Waals surface area contributed by atoms with Crippen molar-refractivity contribution < 1.29 is 22.7 Å².